The van der Waals surface area contributed by atoms with Crippen molar-refractivity contribution in [1.29, 1.82) is 0 Å². The minimum absolute atomic E-state index is 0.0805. The number of piperazine rings is 1. The largest absolute Gasteiger partial charge is 0.493 e. The Balaban J connectivity index is 1.39. The van der Waals surface area contributed by atoms with Gasteiger partial charge in [-0.1, -0.05) is 6.07 Å². The molecule has 0 aliphatic carbocycles. The van der Waals surface area contributed by atoms with Crippen LogP contribution in [0, 0.1) is 6.92 Å². The topological polar surface area (TPSA) is 79.8 Å². The van der Waals surface area contributed by atoms with Crippen LogP contribution in [0.4, 0.5) is 10.7 Å². The van der Waals surface area contributed by atoms with Crippen LogP contribution in [0.3, 0.4) is 0 Å². The van der Waals surface area contributed by atoms with Gasteiger partial charge in [-0.05, 0) is 30.7 Å². The normalized spacial score (nSPS) is 14.0. The molecule has 2 amide bonds. The lowest BCUT2D eigenvalue weighted by Crippen LogP contribution is -2.52. The van der Waals surface area contributed by atoms with E-state index >= 15 is 0 Å². The van der Waals surface area contributed by atoms with E-state index in [-0.39, 0.29) is 6.03 Å². The highest BCUT2D eigenvalue weighted by Gasteiger charge is 2.22. The second-order valence-electron chi connectivity index (χ2n) is 6.26. The molecule has 0 bridgehead atoms. The van der Waals surface area contributed by atoms with Crippen LogP contribution in [-0.2, 0) is 0 Å². The number of anilines is 1. The van der Waals surface area contributed by atoms with Crippen molar-refractivity contribution in [2.24, 2.45) is 0 Å². The highest BCUT2D eigenvalue weighted by molar-refractivity contribution is 5.74. The first-order chi connectivity index (χ1) is 13.2. The van der Waals surface area contributed by atoms with Gasteiger partial charge >= 0.3 is 6.03 Å². The van der Waals surface area contributed by atoms with Crippen LogP contribution in [0.15, 0.2) is 36.7 Å². The van der Waals surface area contributed by atoms with E-state index in [1.165, 1.54) is 0 Å². The summed E-state index contributed by atoms with van der Waals surface area (Å²) in [6, 6.07) is 7.47. The van der Waals surface area contributed by atoms with Gasteiger partial charge in [0.25, 0.3) is 0 Å². The number of carbonyl (C=O) groups excluding carboxylic acids is 1. The Morgan fingerprint density at radius 2 is 1.89 bits per heavy atom. The Morgan fingerprint density at radius 3 is 2.59 bits per heavy atom. The van der Waals surface area contributed by atoms with Crippen molar-refractivity contribution in [3.8, 4) is 11.5 Å². The maximum atomic E-state index is 12.3. The van der Waals surface area contributed by atoms with E-state index < -0.39 is 0 Å². The fourth-order valence-electron chi connectivity index (χ4n) is 2.89. The van der Waals surface area contributed by atoms with Crippen molar-refractivity contribution < 1.29 is 14.3 Å². The molecule has 2 heterocycles. The molecule has 1 aliphatic heterocycles. The van der Waals surface area contributed by atoms with Crippen LogP contribution in [0.1, 0.15) is 5.56 Å². The third kappa shape index (κ3) is 4.99. The third-order valence-electron chi connectivity index (χ3n) is 4.36. The van der Waals surface area contributed by atoms with Crippen LogP contribution < -0.4 is 19.7 Å². The zero-order valence-electron chi connectivity index (χ0n) is 15.7. The van der Waals surface area contributed by atoms with Gasteiger partial charge in [0.15, 0.2) is 11.5 Å². The molecular formula is C19H25N5O3. The van der Waals surface area contributed by atoms with Crippen molar-refractivity contribution >= 4 is 12.0 Å². The van der Waals surface area contributed by atoms with Crippen molar-refractivity contribution in [3.63, 3.8) is 0 Å². The minimum Gasteiger partial charge on any atom is -0.493 e. The smallest absolute Gasteiger partial charge is 0.317 e. The Kier molecular flexibility index (Phi) is 6.30. The number of aromatic nitrogens is 2. The van der Waals surface area contributed by atoms with Crippen molar-refractivity contribution in [2.75, 3.05) is 51.3 Å². The first-order valence-corrected chi connectivity index (χ1v) is 8.99. The number of aryl methyl sites for hydroxylation is 1. The highest BCUT2D eigenvalue weighted by Crippen LogP contribution is 2.27. The summed E-state index contributed by atoms with van der Waals surface area (Å²) in [4.78, 5) is 24.7. The van der Waals surface area contributed by atoms with Crippen molar-refractivity contribution in [3.05, 3.63) is 42.2 Å². The van der Waals surface area contributed by atoms with Crippen LogP contribution in [0.2, 0.25) is 0 Å². The molecule has 1 fully saturated rings. The first-order valence-electron chi connectivity index (χ1n) is 8.99. The summed E-state index contributed by atoms with van der Waals surface area (Å²) < 4.78 is 11.0. The van der Waals surface area contributed by atoms with Crippen LogP contribution in [0.5, 0.6) is 11.5 Å². The summed E-state index contributed by atoms with van der Waals surface area (Å²) in [7, 11) is 1.61. The van der Waals surface area contributed by atoms with Crippen LogP contribution >= 0.6 is 0 Å². The Hall–Kier alpha value is -3.03. The minimum atomic E-state index is -0.0805. The zero-order chi connectivity index (χ0) is 19.1. The summed E-state index contributed by atoms with van der Waals surface area (Å²) in [5.41, 5.74) is 1.10. The molecule has 1 N–H and O–H groups in total. The molecule has 2 aromatic rings. The standard InChI is InChI=1S/C19H25N5O3/c1-15-4-5-16(17(14-15)26-2)27-13-8-22-19(25)24-11-9-23(10-12-24)18-20-6-3-7-21-18/h3-7,14H,8-13H2,1-2H3,(H,22,25). The first kappa shape index (κ1) is 18.8. The average Bonchev–Trinajstić information content (AvgIpc) is 2.72. The number of benzene rings is 1. The predicted molar refractivity (Wildman–Crippen MR) is 102 cm³/mol. The molecule has 1 saturated heterocycles. The molecule has 1 aliphatic rings. The molecule has 0 spiro atoms. The Labute approximate surface area is 159 Å². The molecule has 3 rings (SSSR count). The number of ether oxygens (including phenoxy) is 2. The van der Waals surface area contributed by atoms with Crippen LogP contribution in [-0.4, -0.2) is 67.3 Å². The van der Waals surface area contributed by atoms with Crippen molar-refractivity contribution in [1.82, 2.24) is 20.2 Å². The number of nitrogens with one attached hydrogen (secondary N) is 1. The van der Waals surface area contributed by atoms with E-state index in [0.717, 1.165) is 5.56 Å². The lowest BCUT2D eigenvalue weighted by molar-refractivity contribution is 0.191. The summed E-state index contributed by atoms with van der Waals surface area (Å²) in [5.74, 6) is 2.08. The van der Waals surface area contributed by atoms with E-state index in [1.54, 1.807) is 30.5 Å². The molecule has 27 heavy (non-hydrogen) atoms. The highest BCUT2D eigenvalue weighted by atomic mass is 16.5. The quantitative estimate of drug-likeness (QED) is 0.779. The van der Waals surface area contributed by atoms with Gasteiger partial charge in [0.2, 0.25) is 5.95 Å². The predicted octanol–water partition coefficient (Wildman–Crippen LogP) is 1.70. The maximum absolute atomic E-state index is 12.3. The van der Waals surface area contributed by atoms with Crippen molar-refractivity contribution in [2.45, 2.75) is 6.92 Å². The molecule has 0 radical (unpaired) electrons. The average molecular weight is 371 g/mol. The summed E-state index contributed by atoms with van der Waals surface area (Å²) >= 11 is 0. The van der Waals surface area contributed by atoms with Gasteiger partial charge in [0.05, 0.1) is 13.7 Å². The van der Waals surface area contributed by atoms with Gasteiger partial charge in [0, 0.05) is 38.6 Å². The fraction of sp³-hybridized carbons (Fsp3) is 0.421. The molecule has 144 valence electrons. The van der Waals surface area contributed by atoms with E-state index in [0.29, 0.717) is 56.8 Å². The fourth-order valence-corrected chi connectivity index (χ4v) is 2.89. The van der Waals surface area contributed by atoms with Gasteiger partial charge in [-0.25, -0.2) is 14.8 Å². The van der Waals surface area contributed by atoms with E-state index in [2.05, 4.69) is 20.2 Å². The number of amides is 2. The van der Waals surface area contributed by atoms with Gasteiger partial charge in [-0.15, -0.1) is 0 Å². The number of nitrogens with zero attached hydrogens (tertiary/aromatic N) is 4. The number of carbonyl (C=O) groups is 1. The SMILES string of the molecule is COc1cc(C)ccc1OCCNC(=O)N1CCN(c2ncccn2)CC1. The van der Waals surface area contributed by atoms with Gasteiger partial charge in [0.1, 0.15) is 6.61 Å². The Bertz CT molecular complexity index is 748. The second-order valence-corrected chi connectivity index (χ2v) is 6.26. The molecule has 1 aromatic carbocycles. The second kappa shape index (κ2) is 9.07. The Morgan fingerprint density at radius 1 is 1.15 bits per heavy atom. The van der Waals surface area contributed by atoms with E-state index in [1.807, 2.05) is 25.1 Å². The summed E-state index contributed by atoms with van der Waals surface area (Å²) in [5, 5.41) is 2.90. The van der Waals surface area contributed by atoms with Crippen LogP contribution in [0.25, 0.3) is 0 Å². The molecule has 8 heteroatoms. The molecule has 0 saturated carbocycles. The maximum Gasteiger partial charge on any atom is 0.317 e. The monoisotopic (exact) mass is 371 g/mol. The molecule has 0 unspecified atom stereocenters. The van der Waals surface area contributed by atoms with Gasteiger partial charge in [-0.2, -0.15) is 0 Å². The third-order valence-corrected chi connectivity index (χ3v) is 4.36. The lowest BCUT2D eigenvalue weighted by atomic mass is 10.2. The van der Waals surface area contributed by atoms with Gasteiger partial charge < -0.3 is 24.6 Å². The number of hydrogen-bond acceptors (Lipinski definition) is 6. The van der Waals surface area contributed by atoms with E-state index in [9.17, 15) is 4.79 Å². The lowest BCUT2D eigenvalue weighted by Gasteiger charge is -2.34. The van der Waals surface area contributed by atoms with E-state index in [4.69, 9.17) is 9.47 Å². The number of urea groups is 1. The molecule has 0 atom stereocenters. The number of hydrogen-bond donors (Lipinski definition) is 1. The molecule has 1 aromatic heterocycles. The zero-order valence-corrected chi connectivity index (χ0v) is 15.7. The summed E-state index contributed by atoms with van der Waals surface area (Å²) in [6.07, 6.45) is 3.45. The summed E-state index contributed by atoms with van der Waals surface area (Å²) in [6.45, 7) is 5.51. The number of rotatable bonds is 6. The molecular weight excluding hydrogens is 346 g/mol. The van der Waals surface area contributed by atoms with Gasteiger partial charge in [-0.3, -0.25) is 0 Å². The molecule has 8 nitrogen and oxygen atoms in total. The number of methoxy groups -OCH3 is 1.